The van der Waals surface area contributed by atoms with Crippen LogP contribution in [0.5, 0.6) is 0 Å². The van der Waals surface area contributed by atoms with Gasteiger partial charge >= 0.3 is 0 Å². The van der Waals surface area contributed by atoms with Crippen molar-refractivity contribution in [3.63, 3.8) is 0 Å². The summed E-state index contributed by atoms with van der Waals surface area (Å²) >= 11 is 0. The molecule has 1 fully saturated rings. The Morgan fingerprint density at radius 1 is 1.00 bits per heavy atom. The van der Waals surface area contributed by atoms with Gasteiger partial charge in [-0.05, 0) is 42.0 Å². The van der Waals surface area contributed by atoms with E-state index in [9.17, 15) is 13.6 Å². The largest absolute Gasteiger partial charge is 0.370 e. The van der Waals surface area contributed by atoms with Gasteiger partial charge in [0.25, 0.3) is 5.91 Å². The monoisotopic (exact) mass is 303 g/mol. The van der Waals surface area contributed by atoms with Crippen molar-refractivity contribution in [2.45, 2.75) is 6.10 Å². The van der Waals surface area contributed by atoms with E-state index in [1.165, 1.54) is 36.4 Å². The number of amides is 1. The van der Waals surface area contributed by atoms with Gasteiger partial charge in [-0.1, -0.05) is 12.1 Å². The summed E-state index contributed by atoms with van der Waals surface area (Å²) in [4.78, 5) is 14.1. The van der Waals surface area contributed by atoms with Crippen LogP contribution in [0.4, 0.5) is 8.78 Å². The van der Waals surface area contributed by atoms with Crippen LogP contribution < -0.4 is 0 Å². The summed E-state index contributed by atoms with van der Waals surface area (Å²) in [5.74, 6) is -0.836. The van der Waals surface area contributed by atoms with Crippen LogP contribution >= 0.6 is 0 Å². The molecule has 22 heavy (non-hydrogen) atoms. The standard InChI is InChI=1S/C17H15F2NO2/c18-14-5-1-12(2-6-14)16-11-20(9-10-22-16)17(21)13-3-7-15(19)8-4-13/h1-8,16H,9-11H2. The van der Waals surface area contributed by atoms with E-state index in [1.54, 1.807) is 17.0 Å². The number of halogens is 2. The lowest BCUT2D eigenvalue weighted by Gasteiger charge is -2.33. The highest BCUT2D eigenvalue weighted by atomic mass is 19.1. The third kappa shape index (κ3) is 3.14. The summed E-state index contributed by atoms with van der Waals surface area (Å²) in [5, 5.41) is 0. The highest BCUT2D eigenvalue weighted by Crippen LogP contribution is 2.23. The average molecular weight is 303 g/mol. The maximum atomic E-state index is 13.0. The zero-order valence-corrected chi connectivity index (χ0v) is 11.8. The van der Waals surface area contributed by atoms with E-state index in [0.29, 0.717) is 25.3 Å². The van der Waals surface area contributed by atoms with Gasteiger partial charge in [-0.2, -0.15) is 0 Å². The van der Waals surface area contributed by atoms with Crippen LogP contribution in [-0.4, -0.2) is 30.5 Å². The van der Waals surface area contributed by atoms with Gasteiger partial charge in [-0.25, -0.2) is 8.78 Å². The number of ether oxygens (including phenoxy) is 1. The van der Waals surface area contributed by atoms with Gasteiger partial charge in [0.05, 0.1) is 13.2 Å². The number of rotatable bonds is 2. The fourth-order valence-electron chi connectivity index (χ4n) is 2.49. The van der Waals surface area contributed by atoms with E-state index in [1.807, 2.05) is 0 Å². The minimum absolute atomic E-state index is 0.157. The zero-order chi connectivity index (χ0) is 15.5. The lowest BCUT2D eigenvalue weighted by atomic mass is 10.1. The number of benzene rings is 2. The van der Waals surface area contributed by atoms with Gasteiger partial charge in [0, 0.05) is 12.1 Å². The molecule has 1 unspecified atom stereocenters. The molecule has 2 aromatic carbocycles. The first kappa shape index (κ1) is 14.7. The highest BCUT2D eigenvalue weighted by Gasteiger charge is 2.26. The van der Waals surface area contributed by atoms with Crippen molar-refractivity contribution in [3.8, 4) is 0 Å². The molecule has 0 radical (unpaired) electrons. The Bertz CT molecular complexity index is 655. The minimum Gasteiger partial charge on any atom is -0.370 e. The molecule has 0 N–H and O–H groups in total. The molecule has 1 heterocycles. The Morgan fingerprint density at radius 3 is 2.23 bits per heavy atom. The molecule has 1 amide bonds. The number of nitrogens with zero attached hydrogens (tertiary/aromatic N) is 1. The third-order valence-corrected chi connectivity index (χ3v) is 3.69. The molecule has 3 rings (SSSR count). The van der Waals surface area contributed by atoms with Crippen LogP contribution in [0.2, 0.25) is 0 Å². The van der Waals surface area contributed by atoms with Crippen molar-refractivity contribution in [2.24, 2.45) is 0 Å². The van der Waals surface area contributed by atoms with Gasteiger partial charge in [-0.3, -0.25) is 4.79 Å². The molecule has 3 nitrogen and oxygen atoms in total. The molecule has 0 bridgehead atoms. The zero-order valence-electron chi connectivity index (χ0n) is 11.8. The van der Waals surface area contributed by atoms with E-state index in [-0.39, 0.29) is 23.6 Å². The SMILES string of the molecule is O=C(c1ccc(F)cc1)N1CCOC(c2ccc(F)cc2)C1. The quantitative estimate of drug-likeness (QED) is 0.853. The molecule has 0 saturated carbocycles. The van der Waals surface area contributed by atoms with Crippen LogP contribution in [0.25, 0.3) is 0 Å². The van der Waals surface area contributed by atoms with E-state index in [0.717, 1.165) is 5.56 Å². The Labute approximate surface area is 127 Å². The molecule has 1 aliphatic rings. The average Bonchev–Trinajstić information content (AvgIpc) is 2.56. The Hall–Kier alpha value is -2.27. The number of hydrogen-bond acceptors (Lipinski definition) is 2. The number of carbonyl (C=O) groups is 1. The van der Waals surface area contributed by atoms with Gasteiger partial charge < -0.3 is 9.64 Å². The summed E-state index contributed by atoms with van der Waals surface area (Å²) in [6.07, 6.45) is -0.279. The van der Waals surface area contributed by atoms with Gasteiger partial charge in [-0.15, -0.1) is 0 Å². The van der Waals surface area contributed by atoms with Crippen LogP contribution in [0.1, 0.15) is 22.0 Å². The molecular formula is C17H15F2NO2. The van der Waals surface area contributed by atoms with Gasteiger partial charge in [0.1, 0.15) is 17.7 Å². The first-order valence-corrected chi connectivity index (χ1v) is 7.05. The van der Waals surface area contributed by atoms with Crippen LogP contribution in [-0.2, 0) is 4.74 Å². The summed E-state index contributed by atoms with van der Waals surface area (Å²) in [6, 6.07) is 11.5. The number of carbonyl (C=O) groups excluding carboxylic acids is 1. The normalized spacial score (nSPS) is 18.3. The van der Waals surface area contributed by atoms with Crippen molar-refractivity contribution in [3.05, 3.63) is 71.3 Å². The summed E-state index contributed by atoms with van der Waals surface area (Å²) < 4.78 is 31.6. The maximum Gasteiger partial charge on any atom is 0.254 e. The molecule has 1 atom stereocenters. The van der Waals surface area contributed by atoms with Crippen molar-refractivity contribution in [1.82, 2.24) is 4.90 Å². The summed E-state index contributed by atoms with van der Waals surface area (Å²) in [7, 11) is 0. The molecular weight excluding hydrogens is 288 g/mol. The fourth-order valence-corrected chi connectivity index (χ4v) is 2.49. The van der Waals surface area contributed by atoms with Crippen molar-refractivity contribution >= 4 is 5.91 Å². The Kier molecular flexibility index (Phi) is 4.15. The van der Waals surface area contributed by atoms with E-state index in [2.05, 4.69) is 0 Å². The molecule has 1 saturated heterocycles. The van der Waals surface area contributed by atoms with E-state index in [4.69, 9.17) is 4.74 Å². The molecule has 1 aliphatic heterocycles. The summed E-state index contributed by atoms with van der Waals surface area (Å²) in [5.41, 5.74) is 1.28. The summed E-state index contributed by atoms with van der Waals surface area (Å²) in [6.45, 7) is 1.28. The van der Waals surface area contributed by atoms with Gasteiger partial charge in [0.2, 0.25) is 0 Å². The predicted octanol–water partition coefficient (Wildman–Crippen LogP) is 3.18. The first-order chi connectivity index (χ1) is 10.6. The topological polar surface area (TPSA) is 29.5 Å². The second kappa shape index (κ2) is 6.23. The second-order valence-electron chi connectivity index (χ2n) is 5.17. The fraction of sp³-hybridized carbons (Fsp3) is 0.235. The molecule has 114 valence electrons. The predicted molar refractivity (Wildman–Crippen MR) is 77.4 cm³/mol. The molecule has 2 aromatic rings. The van der Waals surface area contributed by atoms with Crippen molar-refractivity contribution < 1.29 is 18.3 Å². The minimum atomic E-state index is -0.372. The maximum absolute atomic E-state index is 13.0. The lowest BCUT2D eigenvalue weighted by Crippen LogP contribution is -2.42. The number of hydrogen-bond donors (Lipinski definition) is 0. The van der Waals surface area contributed by atoms with Crippen molar-refractivity contribution in [2.75, 3.05) is 19.7 Å². The Morgan fingerprint density at radius 2 is 1.59 bits per heavy atom. The molecule has 0 aromatic heterocycles. The van der Waals surface area contributed by atoms with Gasteiger partial charge in [0.15, 0.2) is 0 Å². The van der Waals surface area contributed by atoms with Crippen LogP contribution in [0.3, 0.4) is 0 Å². The first-order valence-electron chi connectivity index (χ1n) is 7.05. The van der Waals surface area contributed by atoms with Crippen LogP contribution in [0.15, 0.2) is 48.5 Å². The lowest BCUT2D eigenvalue weighted by molar-refractivity contribution is -0.0228. The number of morpholine rings is 1. The molecule has 0 spiro atoms. The highest BCUT2D eigenvalue weighted by molar-refractivity contribution is 5.94. The third-order valence-electron chi connectivity index (χ3n) is 3.69. The van der Waals surface area contributed by atoms with E-state index >= 15 is 0 Å². The second-order valence-corrected chi connectivity index (χ2v) is 5.17. The smallest absolute Gasteiger partial charge is 0.254 e. The molecule has 0 aliphatic carbocycles. The van der Waals surface area contributed by atoms with Crippen molar-refractivity contribution in [1.29, 1.82) is 0 Å². The molecule has 5 heteroatoms. The Balaban J connectivity index is 1.73. The van der Waals surface area contributed by atoms with Crippen LogP contribution in [0, 0.1) is 11.6 Å². The van der Waals surface area contributed by atoms with E-state index < -0.39 is 0 Å².